The molecule has 0 saturated carbocycles. The lowest BCUT2D eigenvalue weighted by atomic mass is 10.1. The third-order valence-corrected chi connectivity index (χ3v) is 5.35. The molecule has 1 saturated heterocycles. The fourth-order valence-corrected chi connectivity index (χ4v) is 3.93. The Kier molecular flexibility index (Phi) is 4.50. The minimum Gasteiger partial charge on any atom is -0.507 e. The number of aryl methyl sites for hydroxylation is 2. The van der Waals surface area contributed by atoms with Gasteiger partial charge >= 0.3 is 0 Å². The van der Waals surface area contributed by atoms with Crippen molar-refractivity contribution in [1.29, 1.82) is 0 Å². The van der Waals surface area contributed by atoms with Crippen LogP contribution < -0.4 is 16.2 Å². The Balaban J connectivity index is 1.97. The number of rotatable bonds is 2. The molecule has 4 N–H and O–H groups in total. The molecule has 0 radical (unpaired) electrons. The van der Waals surface area contributed by atoms with Crippen LogP contribution in [0.5, 0.6) is 5.75 Å². The van der Waals surface area contributed by atoms with E-state index in [1.165, 1.54) is 4.90 Å². The molecule has 1 fully saturated rings. The van der Waals surface area contributed by atoms with Crippen LogP contribution in [0.4, 0.5) is 5.69 Å². The van der Waals surface area contributed by atoms with E-state index in [-0.39, 0.29) is 28.9 Å². The number of thiocarbonyl (C=S) groups is 1. The highest BCUT2D eigenvalue weighted by Crippen LogP contribution is 2.39. The lowest BCUT2D eigenvalue weighted by Crippen LogP contribution is -2.42. The summed E-state index contributed by atoms with van der Waals surface area (Å²) in [6.45, 7) is 3.83. The first-order chi connectivity index (χ1) is 13.8. The number of anilines is 1. The second-order valence-electron chi connectivity index (χ2n) is 7.20. The molecule has 1 atom stereocenters. The van der Waals surface area contributed by atoms with Crippen molar-refractivity contribution in [3.05, 3.63) is 69.5 Å². The normalized spacial score (nSPS) is 16.6. The summed E-state index contributed by atoms with van der Waals surface area (Å²) in [5.74, 6) is -0.531. The van der Waals surface area contributed by atoms with Crippen LogP contribution in [-0.4, -0.2) is 32.6 Å². The number of aromatic nitrogens is 1. The van der Waals surface area contributed by atoms with E-state index >= 15 is 0 Å². The van der Waals surface area contributed by atoms with Crippen LogP contribution in [0.2, 0.25) is 0 Å². The number of aromatic hydroxyl groups is 1. The van der Waals surface area contributed by atoms with Crippen molar-refractivity contribution in [3.63, 3.8) is 0 Å². The van der Waals surface area contributed by atoms with E-state index in [1.54, 1.807) is 17.0 Å². The van der Waals surface area contributed by atoms with Crippen molar-refractivity contribution in [1.82, 2.24) is 9.88 Å². The van der Waals surface area contributed by atoms with E-state index in [0.717, 1.165) is 16.8 Å². The van der Waals surface area contributed by atoms with Crippen LogP contribution in [0.25, 0.3) is 10.9 Å². The molecule has 2 heterocycles. The number of nitrogens with one attached hydrogen (secondary N) is 1. The van der Waals surface area contributed by atoms with Crippen molar-refractivity contribution >= 4 is 39.8 Å². The highest BCUT2D eigenvalue weighted by atomic mass is 32.1. The molecule has 1 aromatic heterocycles. The summed E-state index contributed by atoms with van der Waals surface area (Å²) in [6.07, 6.45) is -0.948. The van der Waals surface area contributed by atoms with Gasteiger partial charge < -0.3 is 20.7 Å². The Morgan fingerprint density at radius 3 is 2.45 bits per heavy atom. The smallest absolute Gasteiger partial charge is 0.259 e. The number of nitrogens with two attached hydrogens (primary N) is 1. The number of carbonyl (C=O) groups excluding carboxylic acids is 1. The SMILES string of the molecule is Cc1ccc(N2CC(=O)N(C(N)=S)C2c2c(O)c3cc(C)ccc3[nH]c2=O)cc1. The number of hydrogen-bond donors (Lipinski definition) is 3. The first kappa shape index (κ1) is 18.9. The fraction of sp³-hybridized carbons (Fsp3) is 0.190. The highest BCUT2D eigenvalue weighted by Gasteiger charge is 2.43. The maximum Gasteiger partial charge on any atom is 0.259 e. The molecule has 4 rings (SSSR count). The molecule has 0 bridgehead atoms. The molecule has 29 heavy (non-hydrogen) atoms. The first-order valence-corrected chi connectivity index (χ1v) is 9.49. The number of nitrogens with zero attached hydrogens (tertiary/aromatic N) is 2. The van der Waals surface area contributed by atoms with Crippen LogP contribution >= 0.6 is 12.2 Å². The van der Waals surface area contributed by atoms with Crippen molar-refractivity contribution in [2.75, 3.05) is 11.4 Å². The van der Waals surface area contributed by atoms with Crippen LogP contribution in [0.1, 0.15) is 22.9 Å². The molecule has 2 aromatic carbocycles. The molecular formula is C21H20N4O3S. The number of H-pyrrole nitrogens is 1. The molecule has 8 heteroatoms. The van der Waals surface area contributed by atoms with Gasteiger partial charge in [-0.25, -0.2) is 0 Å². The third kappa shape index (κ3) is 3.11. The van der Waals surface area contributed by atoms with Crippen LogP contribution in [0, 0.1) is 13.8 Å². The van der Waals surface area contributed by atoms with Gasteiger partial charge in [0, 0.05) is 11.1 Å². The van der Waals surface area contributed by atoms with Gasteiger partial charge in [-0.1, -0.05) is 29.3 Å². The zero-order chi connectivity index (χ0) is 20.9. The molecular weight excluding hydrogens is 388 g/mol. The molecule has 1 aliphatic rings. The highest BCUT2D eigenvalue weighted by molar-refractivity contribution is 7.80. The molecule has 1 unspecified atom stereocenters. The van der Waals surface area contributed by atoms with Gasteiger partial charge in [-0.2, -0.15) is 0 Å². The van der Waals surface area contributed by atoms with Gasteiger partial charge in [0.2, 0.25) is 5.91 Å². The Labute approximate surface area is 172 Å². The Bertz CT molecular complexity index is 1200. The predicted octanol–water partition coefficient (Wildman–Crippen LogP) is 2.44. The van der Waals surface area contributed by atoms with Crippen molar-refractivity contribution < 1.29 is 9.90 Å². The molecule has 0 spiro atoms. The van der Waals surface area contributed by atoms with Gasteiger partial charge in [-0.15, -0.1) is 0 Å². The Morgan fingerprint density at radius 2 is 1.79 bits per heavy atom. The van der Waals surface area contributed by atoms with E-state index < -0.39 is 11.7 Å². The molecule has 3 aromatic rings. The minimum absolute atomic E-state index is 0.0181. The number of fused-ring (bicyclic) bond motifs is 1. The zero-order valence-electron chi connectivity index (χ0n) is 16.0. The van der Waals surface area contributed by atoms with Crippen molar-refractivity contribution in [2.45, 2.75) is 20.0 Å². The van der Waals surface area contributed by atoms with Crippen LogP contribution in [0.15, 0.2) is 47.3 Å². The van der Waals surface area contributed by atoms with Gasteiger partial charge in [0.05, 0.1) is 12.1 Å². The van der Waals surface area contributed by atoms with E-state index in [2.05, 4.69) is 4.98 Å². The molecule has 1 aliphatic heterocycles. The molecule has 148 valence electrons. The standard InChI is InChI=1S/C21H20N4O3S/c1-11-3-6-13(7-4-11)24-10-16(26)25(21(22)29)20(24)17-18(27)14-9-12(2)5-8-15(14)23-19(17)28/h3-9,20H,10H2,1-2H3,(H2,22,29)(H2,23,27,28). The number of amides is 1. The number of hydrogen-bond acceptors (Lipinski definition) is 5. The summed E-state index contributed by atoms with van der Waals surface area (Å²) in [5, 5.41) is 11.4. The fourth-order valence-electron chi connectivity index (χ4n) is 3.73. The largest absolute Gasteiger partial charge is 0.507 e. The lowest BCUT2D eigenvalue weighted by molar-refractivity contribution is -0.124. The molecule has 0 aliphatic carbocycles. The average molecular weight is 408 g/mol. The van der Waals surface area contributed by atoms with E-state index in [9.17, 15) is 14.7 Å². The van der Waals surface area contributed by atoms with Gasteiger partial charge in [0.1, 0.15) is 17.5 Å². The molecule has 7 nitrogen and oxygen atoms in total. The summed E-state index contributed by atoms with van der Waals surface area (Å²) >= 11 is 5.10. The van der Waals surface area contributed by atoms with Crippen molar-refractivity contribution in [3.8, 4) is 5.75 Å². The summed E-state index contributed by atoms with van der Waals surface area (Å²) in [6, 6.07) is 12.9. The summed E-state index contributed by atoms with van der Waals surface area (Å²) in [4.78, 5) is 31.4. The topological polar surface area (TPSA) is 103 Å². The van der Waals surface area contributed by atoms with Gasteiger partial charge in [0.25, 0.3) is 5.56 Å². The zero-order valence-corrected chi connectivity index (χ0v) is 16.8. The maximum atomic E-state index is 13.0. The monoisotopic (exact) mass is 408 g/mol. The van der Waals surface area contributed by atoms with E-state index in [0.29, 0.717) is 10.9 Å². The molecule has 1 amide bonds. The van der Waals surface area contributed by atoms with Gasteiger partial charge in [-0.3, -0.25) is 14.5 Å². The second-order valence-corrected chi connectivity index (χ2v) is 7.62. The van der Waals surface area contributed by atoms with Crippen LogP contribution in [0.3, 0.4) is 0 Å². The number of carbonyl (C=O) groups is 1. The van der Waals surface area contributed by atoms with Crippen molar-refractivity contribution in [2.24, 2.45) is 5.73 Å². The summed E-state index contributed by atoms with van der Waals surface area (Å²) < 4.78 is 0. The Morgan fingerprint density at radius 1 is 1.14 bits per heavy atom. The lowest BCUT2D eigenvalue weighted by Gasteiger charge is -2.30. The number of aromatic amines is 1. The maximum absolute atomic E-state index is 13.0. The summed E-state index contributed by atoms with van der Waals surface area (Å²) in [7, 11) is 0. The first-order valence-electron chi connectivity index (χ1n) is 9.08. The minimum atomic E-state index is -0.948. The third-order valence-electron chi connectivity index (χ3n) is 5.15. The van der Waals surface area contributed by atoms with E-state index in [4.69, 9.17) is 18.0 Å². The number of pyridine rings is 1. The summed E-state index contributed by atoms with van der Waals surface area (Å²) in [5.41, 5.74) is 8.57. The average Bonchev–Trinajstić information content (AvgIpc) is 3.00. The quantitative estimate of drug-likeness (QED) is 0.563. The predicted molar refractivity (Wildman–Crippen MR) is 116 cm³/mol. The second kappa shape index (κ2) is 6.89. The Hall–Kier alpha value is -3.39. The van der Waals surface area contributed by atoms with Gasteiger partial charge in [0.15, 0.2) is 5.11 Å². The van der Waals surface area contributed by atoms with Gasteiger partial charge in [-0.05, 0) is 50.3 Å². The number of benzene rings is 2. The van der Waals surface area contributed by atoms with E-state index in [1.807, 2.05) is 44.2 Å². The van der Waals surface area contributed by atoms with Crippen LogP contribution in [-0.2, 0) is 4.79 Å².